The lowest BCUT2D eigenvalue weighted by Gasteiger charge is -2.25. The van der Waals surface area contributed by atoms with Crippen LogP contribution >= 0.6 is 0 Å². The highest BCUT2D eigenvalue weighted by Gasteiger charge is 2.28. The second kappa shape index (κ2) is 8.61. The topological polar surface area (TPSA) is 78.5 Å². The van der Waals surface area contributed by atoms with E-state index in [1.807, 2.05) is 25.1 Å². The monoisotopic (exact) mass is 419 g/mol. The third-order valence-electron chi connectivity index (χ3n) is 4.98. The summed E-state index contributed by atoms with van der Waals surface area (Å²) < 4.78 is 41.1. The number of benzene rings is 2. The van der Waals surface area contributed by atoms with E-state index in [1.165, 1.54) is 24.3 Å². The van der Waals surface area contributed by atoms with Crippen LogP contribution < -0.4 is 10.0 Å². The molecule has 156 valence electrons. The van der Waals surface area contributed by atoms with Crippen molar-refractivity contribution in [3.05, 3.63) is 65.0 Å². The number of likely N-dealkylation sites (N-methyl/N-ethyl adjacent to an activating group) is 1. The highest BCUT2D eigenvalue weighted by molar-refractivity contribution is 7.89. The van der Waals surface area contributed by atoms with Crippen molar-refractivity contribution in [2.45, 2.75) is 36.7 Å². The molecule has 1 aliphatic carbocycles. The molecule has 1 aliphatic rings. The molecule has 0 bridgehead atoms. The SMILES string of the molecule is Cc1ccc(S(=O)(=O)NC2CC2)cc1C(=O)NCC(c1cccc(F)c1)N(C)C. The molecule has 3 rings (SSSR count). The number of hydrogen-bond acceptors (Lipinski definition) is 4. The van der Waals surface area contributed by atoms with Crippen molar-refractivity contribution in [2.24, 2.45) is 0 Å². The van der Waals surface area contributed by atoms with Crippen molar-refractivity contribution >= 4 is 15.9 Å². The van der Waals surface area contributed by atoms with Gasteiger partial charge in [-0.05, 0) is 69.3 Å². The Bertz CT molecular complexity index is 1000. The first-order valence-electron chi connectivity index (χ1n) is 9.50. The van der Waals surface area contributed by atoms with Gasteiger partial charge in [-0.2, -0.15) is 0 Å². The van der Waals surface area contributed by atoms with Crippen LogP contribution in [0.15, 0.2) is 47.4 Å². The van der Waals surface area contributed by atoms with Crippen molar-refractivity contribution in [3.63, 3.8) is 0 Å². The zero-order chi connectivity index (χ0) is 21.2. The fourth-order valence-corrected chi connectivity index (χ4v) is 4.43. The molecule has 8 heteroatoms. The minimum absolute atomic E-state index is 0.00861. The minimum Gasteiger partial charge on any atom is -0.350 e. The summed E-state index contributed by atoms with van der Waals surface area (Å²) in [5, 5.41) is 2.85. The van der Waals surface area contributed by atoms with Crippen LogP contribution in [0.4, 0.5) is 4.39 Å². The normalized spacial score (nSPS) is 15.3. The first-order chi connectivity index (χ1) is 13.7. The van der Waals surface area contributed by atoms with Gasteiger partial charge in [-0.15, -0.1) is 0 Å². The molecule has 0 aliphatic heterocycles. The van der Waals surface area contributed by atoms with E-state index in [9.17, 15) is 17.6 Å². The molecular weight excluding hydrogens is 393 g/mol. The van der Waals surface area contributed by atoms with Crippen molar-refractivity contribution in [2.75, 3.05) is 20.6 Å². The van der Waals surface area contributed by atoms with Gasteiger partial charge in [0.15, 0.2) is 0 Å². The van der Waals surface area contributed by atoms with Crippen molar-refractivity contribution in [3.8, 4) is 0 Å². The van der Waals surface area contributed by atoms with E-state index >= 15 is 0 Å². The van der Waals surface area contributed by atoms with Gasteiger partial charge in [0, 0.05) is 18.2 Å². The van der Waals surface area contributed by atoms with E-state index in [4.69, 9.17) is 0 Å². The number of rotatable bonds is 8. The number of nitrogens with zero attached hydrogens (tertiary/aromatic N) is 1. The van der Waals surface area contributed by atoms with Crippen LogP contribution in [0.3, 0.4) is 0 Å². The summed E-state index contributed by atoms with van der Waals surface area (Å²) in [6.07, 6.45) is 1.68. The molecule has 1 atom stereocenters. The third kappa shape index (κ3) is 5.41. The number of carbonyl (C=O) groups is 1. The Morgan fingerprint density at radius 1 is 1.21 bits per heavy atom. The Kier molecular flexibility index (Phi) is 6.36. The molecule has 1 unspecified atom stereocenters. The van der Waals surface area contributed by atoms with Crippen LogP contribution in [-0.4, -0.2) is 45.9 Å². The van der Waals surface area contributed by atoms with E-state index in [-0.39, 0.29) is 35.2 Å². The second-order valence-corrected chi connectivity index (χ2v) is 9.33. The Morgan fingerprint density at radius 3 is 2.55 bits per heavy atom. The number of hydrogen-bond donors (Lipinski definition) is 2. The number of nitrogens with one attached hydrogen (secondary N) is 2. The average molecular weight is 420 g/mol. The van der Waals surface area contributed by atoms with Crippen LogP contribution in [0, 0.1) is 12.7 Å². The predicted molar refractivity (Wildman–Crippen MR) is 110 cm³/mol. The van der Waals surface area contributed by atoms with Crippen molar-refractivity contribution in [1.29, 1.82) is 0 Å². The molecule has 0 radical (unpaired) electrons. The largest absolute Gasteiger partial charge is 0.350 e. The van der Waals surface area contributed by atoms with Gasteiger partial charge >= 0.3 is 0 Å². The maximum atomic E-state index is 13.6. The number of halogens is 1. The molecule has 2 aromatic carbocycles. The molecule has 1 saturated carbocycles. The van der Waals surface area contributed by atoms with E-state index < -0.39 is 10.0 Å². The summed E-state index contributed by atoms with van der Waals surface area (Å²) in [6, 6.07) is 10.6. The minimum atomic E-state index is -3.64. The first kappa shape index (κ1) is 21.4. The lowest BCUT2D eigenvalue weighted by Crippen LogP contribution is -2.35. The van der Waals surface area contributed by atoms with E-state index in [2.05, 4.69) is 10.0 Å². The zero-order valence-electron chi connectivity index (χ0n) is 16.8. The Hall–Kier alpha value is -2.29. The fourth-order valence-electron chi connectivity index (χ4n) is 3.10. The lowest BCUT2D eigenvalue weighted by atomic mass is 10.0. The van der Waals surface area contributed by atoms with Crippen LogP contribution in [0.2, 0.25) is 0 Å². The molecule has 0 heterocycles. The number of sulfonamides is 1. The number of aryl methyl sites for hydroxylation is 1. The molecular formula is C21H26FN3O3S. The number of amides is 1. The maximum Gasteiger partial charge on any atom is 0.251 e. The lowest BCUT2D eigenvalue weighted by molar-refractivity contribution is 0.0941. The van der Waals surface area contributed by atoms with Gasteiger partial charge in [0.2, 0.25) is 10.0 Å². The van der Waals surface area contributed by atoms with Gasteiger partial charge < -0.3 is 10.2 Å². The Balaban J connectivity index is 1.76. The summed E-state index contributed by atoms with van der Waals surface area (Å²) in [5.41, 5.74) is 1.73. The second-order valence-electron chi connectivity index (χ2n) is 7.62. The quantitative estimate of drug-likeness (QED) is 0.690. The Morgan fingerprint density at radius 2 is 1.93 bits per heavy atom. The summed E-state index contributed by atoms with van der Waals surface area (Å²) >= 11 is 0. The summed E-state index contributed by atoms with van der Waals surface area (Å²) in [5.74, 6) is -0.702. The van der Waals surface area contributed by atoms with Gasteiger partial charge in [-0.1, -0.05) is 18.2 Å². The predicted octanol–water partition coefficient (Wildman–Crippen LogP) is 2.61. The van der Waals surface area contributed by atoms with Gasteiger partial charge in [0.25, 0.3) is 5.91 Å². The first-order valence-corrected chi connectivity index (χ1v) is 11.0. The van der Waals surface area contributed by atoms with Crippen LogP contribution in [0.5, 0.6) is 0 Å². The van der Waals surface area contributed by atoms with Crippen LogP contribution in [0.1, 0.15) is 40.4 Å². The highest BCUT2D eigenvalue weighted by Crippen LogP contribution is 2.23. The molecule has 2 N–H and O–H groups in total. The van der Waals surface area contributed by atoms with Crippen LogP contribution in [-0.2, 0) is 10.0 Å². The zero-order valence-corrected chi connectivity index (χ0v) is 17.6. The van der Waals surface area contributed by atoms with Gasteiger partial charge in [-0.3, -0.25) is 4.79 Å². The highest BCUT2D eigenvalue weighted by atomic mass is 32.2. The van der Waals surface area contributed by atoms with E-state index in [0.717, 1.165) is 18.4 Å². The fraction of sp³-hybridized carbons (Fsp3) is 0.381. The molecule has 0 spiro atoms. The summed E-state index contributed by atoms with van der Waals surface area (Å²) in [7, 11) is 0.0597. The average Bonchev–Trinajstić information content (AvgIpc) is 3.45. The van der Waals surface area contributed by atoms with E-state index in [0.29, 0.717) is 11.1 Å². The standard InChI is InChI=1S/C21H26FN3O3S/c1-14-7-10-18(29(27,28)24-17-8-9-17)12-19(14)21(26)23-13-20(25(2)3)15-5-4-6-16(22)11-15/h4-7,10-12,17,20,24H,8-9,13H2,1-3H3,(H,23,26). The molecule has 0 saturated heterocycles. The molecule has 6 nitrogen and oxygen atoms in total. The van der Waals surface area contributed by atoms with Gasteiger partial charge in [0.1, 0.15) is 5.82 Å². The molecule has 29 heavy (non-hydrogen) atoms. The van der Waals surface area contributed by atoms with Crippen molar-refractivity contribution < 1.29 is 17.6 Å². The molecule has 1 fully saturated rings. The third-order valence-corrected chi connectivity index (χ3v) is 6.49. The van der Waals surface area contributed by atoms with E-state index in [1.54, 1.807) is 19.1 Å². The van der Waals surface area contributed by atoms with Gasteiger partial charge in [-0.25, -0.2) is 17.5 Å². The summed E-state index contributed by atoms with van der Waals surface area (Å²) in [6.45, 7) is 2.02. The molecule has 0 aromatic heterocycles. The van der Waals surface area contributed by atoms with Gasteiger partial charge in [0.05, 0.1) is 10.9 Å². The molecule has 2 aromatic rings. The smallest absolute Gasteiger partial charge is 0.251 e. The number of carbonyl (C=O) groups excluding carboxylic acids is 1. The molecule has 1 amide bonds. The Labute approximate surface area is 171 Å². The van der Waals surface area contributed by atoms with Crippen molar-refractivity contribution in [1.82, 2.24) is 14.9 Å². The van der Waals surface area contributed by atoms with Crippen LogP contribution in [0.25, 0.3) is 0 Å². The summed E-state index contributed by atoms with van der Waals surface area (Å²) in [4.78, 5) is 14.8. The maximum absolute atomic E-state index is 13.6.